The van der Waals surface area contributed by atoms with Gasteiger partial charge in [0.15, 0.2) is 0 Å². The lowest BCUT2D eigenvalue weighted by Gasteiger charge is -2.16. The summed E-state index contributed by atoms with van der Waals surface area (Å²) in [5.41, 5.74) is 4.60. The molecule has 0 aliphatic rings. The van der Waals surface area contributed by atoms with E-state index in [1.807, 2.05) is 17.9 Å². The summed E-state index contributed by atoms with van der Waals surface area (Å²) in [5, 5.41) is 9.02. The molecule has 0 aromatic carbocycles. The van der Waals surface area contributed by atoms with Crippen LogP contribution < -0.4 is 11.3 Å². The summed E-state index contributed by atoms with van der Waals surface area (Å²) in [6, 6.07) is -0.208. The van der Waals surface area contributed by atoms with Crippen LogP contribution in [-0.2, 0) is 13.6 Å². The van der Waals surface area contributed by atoms with Gasteiger partial charge in [-0.3, -0.25) is 15.2 Å². The zero-order chi connectivity index (χ0) is 13.1. The van der Waals surface area contributed by atoms with E-state index in [1.165, 1.54) is 0 Å². The summed E-state index contributed by atoms with van der Waals surface area (Å²) < 4.78 is 3.61. The molecule has 2 rings (SSSR count). The molecule has 3 N–H and O–H groups in total. The maximum absolute atomic E-state index is 6.20. The molecule has 2 aromatic rings. The van der Waals surface area contributed by atoms with E-state index in [4.69, 9.17) is 17.4 Å². The van der Waals surface area contributed by atoms with Crippen LogP contribution in [0.2, 0.25) is 5.02 Å². The molecule has 0 saturated heterocycles. The minimum absolute atomic E-state index is 0.208. The highest BCUT2D eigenvalue weighted by molar-refractivity contribution is 6.31. The van der Waals surface area contributed by atoms with Gasteiger partial charge in [0.05, 0.1) is 29.2 Å². The van der Waals surface area contributed by atoms with E-state index in [-0.39, 0.29) is 6.04 Å². The van der Waals surface area contributed by atoms with E-state index in [0.717, 1.165) is 24.2 Å². The lowest BCUT2D eigenvalue weighted by molar-refractivity contribution is 0.521. The predicted octanol–water partition coefficient (Wildman–Crippen LogP) is 1.23. The Labute approximate surface area is 111 Å². The molecule has 0 aliphatic carbocycles. The number of aromatic nitrogens is 4. The number of halogens is 1. The molecular weight excluding hydrogens is 252 g/mol. The molecule has 0 fully saturated rings. The van der Waals surface area contributed by atoms with Gasteiger partial charge in [-0.25, -0.2) is 5.43 Å². The Bertz CT molecular complexity index is 517. The molecule has 7 heteroatoms. The van der Waals surface area contributed by atoms with E-state index in [0.29, 0.717) is 5.02 Å². The highest BCUT2D eigenvalue weighted by Gasteiger charge is 2.22. The standard InChI is InChI=1S/C11H17ClN6/c1-3-4-18-11(9(12)6-15-18)10(16-13)8-5-14-17(2)7-8/h5-7,10,16H,3-4,13H2,1-2H3. The maximum Gasteiger partial charge on any atom is 0.0923 e. The number of hydrogen-bond donors (Lipinski definition) is 2. The first kappa shape index (κ1) is 13.1. The molecular formula is C11H17ClN6. The van der Waals surface area contributed by atoms with Crippen molar-refractivity contribution in [1.82, 2.24) is 25.0 Å². The smallest absolute Gasteiger partial charge is 0.0923 e. The van der Waals surface area contributed by atoms with Crippen LogP contribution >= 0.6 is 11.6 Å². The molecule has 1 atom stereocenters. The summed E-state index contributed by atoms with van der Waals surface area (Å²) >= 11 is 6.20. The molecule has 0 saturated carbocycles. The molecule has 98 valence electrons. The zero-order valence-electron chi connectivity index (χ0n) is 10.5. The van der Waals surface area contributed by atoms with Gasteiger partial charge in [-0.05, 0) is 6.42 Å². The predicted molar refractivity (Wildman–Crippen MR) is 69.9 cm³/mol. The molecule has 1 unspecified atom stereocenters. The molecule has 2 aromatic heterocycles. The van der Waals surface area contributed by atoms with Gasteiger partial charge in [0.2, 0.25) is 0 Å². The first-order valence-corrected chi connectivity index (χ1v) is 6.21. The Morgan fingerprint density at radius 3 is 2.78 bits per heavy atom. The fraction of sp³-hybridized carbons (Fsp3) is 0.455. The second kappa shape index (κ2) is 5.51. The third-order valence-corrected chi connectivity index (χ3v) is 3.06. The van der Waals surface area contributed by atoms with Crippen LogP contribution in [-0.4, -0.2) is 19.6 Å². The molecule has 0 radical (unpaired) electrons. The Morgan fingerprint density at radius 1 is 1.44 bits per heavy atom. The van der Waals surface area contributed by atoms with Gasteiger partial charge in [-0.2, -0.15) is 10.2 Å². The van der Waals surface area contributed by atoms with Crippen molar-refractivity contribution in [3.8, 4) is 0 Å². The van der Waals surface area contributed by atoms with Crippen molar-refractivity contribution in [2.24, 2.45) is 12.9 Å². The monoisotopic (exact) mass is 268 g/mol. The van der Waals surface area contributed by atoms with E-state index in [9.17, 15) is 0 Å². The van der Waals surface area contributed by atoms with Crippen LogP contribution in [0, 0.1) is 0 Å². The quantitative estimate of drug-likeness (QED) is 0.632. The van der Waals surface area contributed by atoms with Gasteiger partial charge >= 0.3 is 0 Å². The normalized spacial score (nSPS) is 12.9. The van der Waals surface area contributed by atoms with Gasteiger partial charge in [0.1, 0.15) is 0 Å². The summed E-state index contributed by atoms with van der Waals surface area (Å²) in [6.45, 7) is 2.90. The zero-order valence-corrected chi connectivity index (χ0v) is 11.2. The molecule has 18 heavy (non-hydrogen) atoms. The van der Waals surface area contributed by atoms with E-state index < -0.39 is 0 Å². The highest BCUT2D eigenvalue weighted by Crippen LogP contribution is 2.27. The van der Waals surface area contributed by atoms with E-state index in [2.05, 4.69) is 22.5 Å². The fourth-order valence-corrected chi connectivity index (χ4v) is 2.22. The van der Waals surface area contributed by atoms with Crippen molar-refractivity contribution < 1.29 is 0 Å². The topological polar surface area (TPSA) is 73.7 Å². The largest absolute Gasteiger partial charge is 0.275 e. The van der Waals surface area contributed by atoms with Crippen LogP contribution in [0.3, 0.4) is 0 Å². The van der Waals surface area contributed by atoms with Crippen molar-refractivity contribution in [2.45, 2.75) is 25.9 Å². The van der Waals surface area contributed by atoms with Gasteiger partial charge in [0.25, 0.3) is 0 Å². The van der Waals surface area contributed by atoms with Gasteiger partial charge in [-0.1, -0.05) is 18.5 Å². The number of nitrogens with zero attached hydrogens (tertiary/aromatic N) is 4. The summed E-state index contributed by atoms with van der Waals surface area (Å²) in [5.74, 6) is 5.65. The van der Waals surface area contributed by atoms with Crippen LogP contribution in [0.4, 0.5) is 0 Å². The van der Waals surface area contributed by atoms with Crippen molar-refractivity contribution in [3.05, 3.63) is 34.9 Å². The average molecular weight is 269 g/mol. The minimum Gasteiger partial charge on any atom is -0.275 e. The third kappa shape index (κ3) is 2.40. The Kier molecular flexibility index (Phi) is 4.00. The fourth-order valence-electron chi connectivity index (χ4n) is 1.97. The number of hydrazine groups is 1. The lowest BCUT2D eigenvalue weighted by Crippen LogP contribution is -2.30. The second-order valence-electron chi connectivity index (χ2n) is 4.15. The van der Waals surface area contributed by atoms with Crippen molar-refractivity contribution in [2.75, 3.05) is 0 Å². The molecule has 0 amide bonds. The van der Waals surface area contributed by atoms with Crippen LogP contribution in [0.25, 0.3) is 0 Å². The summed E-state index contributed by atoms with van der Waals surface area (Å²) in [7, 11) is 1.86. The Hall–Kier alpha value is -1.37. The first-order valence-electron chi connectivity index (χ1n) is 5.83. The lowest BCUT2D eigenvalue weighted by atomic mass is 10.1. The van der Waals surface area contributed by atoms with Gasteiger partial charge < -0.3 is 0 Å². The summed E-state index contributed by atoms with van der Waals surface area (Å²) in [4.78, 5) is 0. The van der Waals surface area contributed by atoms with Crippen LogP contribution in [0.15, 0.2) is 18.6 Å². The second-order valence-corrected chi connectivity index (χ2v) is 4.56. The molecule has 0 spiro atoms. The summed E-state index contributed by atoms with van der Waals surface area (Å²) in [6.07, 6.45) is 6.30. The Morgan fingerprint density at radius 2 is 2.22 bits per heavy atom. The number of nitrogens with one attached hydrogen (secondary N) is 1. The maximum atomic E-state index is 6.20. The molecule has 6 nitrogen and oxygen atoms in total. The van der Waals surface area contributed by atoms with Crippen LogP contribution in [0.5, 0.6) is 0 Å². The number of nitrogens with two attached hydrogens (primary N) is 1. The van der Waals surface area contributed by atoms with Crippen molar-refractivity contribution >= 4 is 11.6 Å². The van der Waals surface area contributed by atoms with Crippen LogP contribution in [0.1, 0.15) is 30.6 Å². The molecule has 0 bridgehead atoms. The third-order valence-electron chi connectivity index (χ3n) is 2.77. The Balaban J connectivity index is 2.41. The molecule has 0 aliphatic heterocycles. The SMILES string of the molecule is CCCn1ncc(Cl)c1C(NN)c1cnn(C)c1. The minimum atomic E-state index is -0.208. The highest BCUT2D eigenvalue weighted by atomic mass is 35.5. The number of hydrogen-bond acceptors (Lipinski definition) is 4. The number of rotatable bonds is 5. The first-order chi connectivity index (χ1) is 8.67. The average Bonchev–Trinajstić information content (AvgIpc) is 2.91. The van der Waals surface area contributed by atoms with E-state index >= 15 is 0 Å². The van der Waals surface area contributed by atoms with Gasteiger partial charge in [0, 0.05) is 25.4 Å². The van der Waals surface area contributed by atoms with E-state index in [1.54, 1.807) is 17.1 Å². The van der Waals surface area contributed by atoms with Crippen molar-refractivity contribution in [3.63, 3.8) is 0 Å². The number of aryl methyl sites for hydroxylation is 2. The van der Waals surface area contributed by atoms with Crippen molar-refractivity contribution in [1.29, 1.82) is 0 Å². The molecule has 2 heterocycles. The van der Waals surface area contributed by atoms with Gasteiger partial charge in [-0.15, -0.1) is 0 Å².